The Kier molecular flexibility index (Phi) is 4.14. The van der Waals surface area contributed by atoms with Crippen LogP contribution in [0.5, 0.6) is 0 Å². The number of hydrogen-bond donors (Lipinski definition) is 2. The molecule has 0 saturated carbocycles. The quantitative estimate of drug-likeness (QED) is 0.821. The predicted molar refractivity (Wildman–Crippen MR) is 99.9 cm³/mol. The number of carbonyl (C=O) groups excluding carboxylic acids is 3. The SMILES string of the molecule is C[C@H](NC(=O)CN1C(=O)N[C@@H]2[C@@H]1N(C)C(=O)N2C)c1nc2ccccc2s1. The van der Waals surface area contributed by atoms with E-state index in [4.69, 9.17) is 0 Å². The fourth-order valence-electron chi connectivity index (χ4n) is 3.52. The molecule has 0 spiro atoms. The van der Waals surface area contributed by atoms with Gasteiger partial charge in [0.15, 0.2) is 0 Å². The maximum absolute atomic E-state index is 12.5. The standard InChI is InChI=1S/C17H20N6O3S/c1-9(14-19-10-6-4-5-7-11(10)27-14)18-12(24)8-23-15-13(20-16(23)25)21(2)17(26)22(15)3/h4-7,9,13,15H,8H2,1-3H3,(H,18,24)(H,20,25)/t9-,13-,15+/m0/s1. The van der Waals surface area contributed by atoms with Crippen molar-refractivity contribution in [3.63, 3.8) is 0 Å². The number of likely N-dealkylation sites (N-methyl/N-ethyl adjacent to an activating group) is 2. The van der Waals surface area contributed by atoms with E-state index in [0.717, 1.165) is 15.2 Å². The van der Waals surface area contributed by atoms with E-state index in [9.17, 15) is 14.4 Å². The van der Waals surface area contributed by atoms with Crippen molar-refractivity contribution < 1.29 is 14.4 Å². The summed E-state index contributed by atoms with van der Waals surface area (Å²) in [5, 5.41) is 6.44. The summed E-state index contributed by atoms with van der Waals surface area (Å²) in [5.41, 5.74) is 0.898. The number of para-hydroxylation sites is 1. The molecule has 2 aliphatic heterocycles. The third kappa shape index (κ3) is 2.85. The Hall–Kier alpha value is -2.88. The molecule has 2 saturated heterocycles. The highest BCUT2D eigenvalue weighted by molar-refractivity contribution is 7.18. The molecule has 0 aliphatic carbocycles. The minimum Gasteiger partial charge on any atom is -0.346 e. The Morgan fingerprint density at radius 2 is 2.04 bits per heavy atom. The molecule has 2 aliphatic rings. The number of urea groups is 2. The third-order valence-electron chi connectivity index (χ3n) is 4.92. The zero-order valence-corrected chi connectivity index (χ0v) is 16.0. The van der Waals surface area contributed by atoms with Gasteiger partial charge in [0.1, 0.15) is 23.9 Å². The Morgan fingerprint density at radius 1 is 1.30 bits per heavy atom. The molecule has 0 radical (unpaired) electrons. The van der Waals surface area contributed by atoms with Gasteiger partial charge in [-0.3, -0.25) is 9.69 Å². The molecule has 5 amide bonds. The molecule has 2 aromatic rings. The summed E-state index contributed by atoms with van der Waals surface area (Å²) in [6, 6.07) is 6.96. The maximum Gasteiger partial charge on any atom is 0.323 e. The van der Waals surface area contributed by atoms with Gasteiger partial charge < -0.3 is 20.4 Å². The monoisotopic (exact) mass is 388 g/mol. The molecule has 3 atom stereocenters. The topological polar surface area (TPSA) is 97.9 Å². The van der Waals surface area contributed by atoms with Gasteiger partial charge in [-0.15, -0.1) is 11.3 Å². The van der Waals surface area contributed by atoms with E-state index in [1.807, 2.05) is 31.2 Å². The van der Waals surface area contributed by atoms with E-state index in [2.05, 4.69) is 15.6 Å². The van der Waals surface area contributed by atoms with Crippen LogP contribution in [-0.2, 0) is 4.79 Å². The fourth-order valence-corrected chi connectivity index (χ4v) is 4.49. The van der Waals surface area contributed by atoms with Gasteiger partial charge in [-0.1, -0.05) is 12.1 Å². The van der Waals surface area contributed by atoms with Gasteiger partial charge in [-0.05, 0) is 19.1 Å². The number of benzene rings is 1. The van der Waals surface area contributed by atoms with Crippen molar-refractivity contribution in [2.24, 2.45) is 0 Å². The first-order valence-corrected chi connectivity index (χ1v) is 9.40. The van der Waals surface area contributed by atoms with Gasteiger partial charge in [0.25, 0.3) is 0 Å². The molecular formula is C17H20N6O3S. The highest BCUT2D eigenvalue weighted by atomic mass is 32.1. The number of nitrogens with zero attached hydrogens (tertiary/aromatic N) is 4. The van der Waals surface area contributed by atoms with Crippen LogP contribution in [-0.4, -0.2) is 70.6 Å². The van der Waals surface area contributed by atoms with Crippen molar-refractivity contribution >= 4 is 39.5 Å². The molecule has 27 heavy (non-hydrogen) atoms. The average molecular weight is 388 g/mol. The third-order valence-corrected chi connectivity index (χ3v) is 6.14. The summed E-state index contributed by atoms with van der Waals surface area (Å²) >= 11 is 1.53. The molecule has 2 N–H and O–H groups in total. The zero-order chi connectivity index (χ0) is 19.3. The van der Waals surface area contributed by atoms with Gasteiger partial charge in [-0.2, -0.15) is 0 Å². The van der Waals surface area contributed by atoms with Crippen molar-refractivity contribution in [1.82, 2.24) is 30.3 Å². The highest BCUT2D eigenvalue weighted by Crippen LogP contribution is 2.27. The van der Waals surface area contributed by atoms with E-state index < -0.39 is 12.3 Å². The Labute approximate surface area is 159 Å². The van der Waals surface area contributed by atoms with Gasteiger partial charge in [0, 0.05) is 14.1 Å². The van der Waals surface area contributed by atoms with E-state index >= 15 is 0 Å². The summed E-state index contributed by atoms with van der Waals surface area (Å²) in [7, 11) is 3.25. The minimum absolute atomic E-state index is 0.131. The van der Waals surface area contributed by atoms with Gasteiger partial charge >= 0.3 is 12.1 Å². The van der Waals surface area contributed by atoms with Crippen LogP contribution < -0.4 is 10.6 Å². The van der Waals surface area contributed by atoms with Crippen LogP contribution in [0.25, 0.3) is 10.2 Å². The molecule has 10 heteroatoms. The zero-order valence-electron chi connectivity index (χ0n) is 15.2. The molecule has 0 unspecified atom stereocenters. The molecule has 0 bridgehead atoms. The highest BCUT2D eigenvalue weighted by Gasteiger charge is 2.52. The number of rotatable bonds is 4. The lowest BCUT2D eigenvalue weighted by Crippen LogP contribution is -2.48. The molecule has 4 rings (SSSR count). The largest absolute Gasteiger partial charge is 0.346 e. The lowest BCUT2D eigenvalue weighted by molar-refractivity contribution is -0.122. The molecule has 9 nitrogen and oxygen atoms in total. The number of aromatic nitrogens is 1. The summed E-state index contributed by atoms with van der Waals surface area (Å²) in [5.74, 6) is -0.298. The first-order valence-electron chi connectivity index (χ1n) is 8.58. The number of carbonyl (C=O) groups is 3. The van der Waals surface area contributed by atoms with Crippen molar-refractivity contribution in [3.05, 3.63) is 29.3 Å². The number of hydrogen-bond acceptors (Lipinski definition) is 5. The van der Waals surface area contributed by atoms with E-state index in [0.29, 0.717) is 0 Å². The second-order valence-electron chi connectivity index (χ2n) is 6.75. The minimum atomic E-state index is -0.501. The second-order valence-corrected chi connectivity index (χ2v) is 7.81. The van der Waals surface area contributed by atoms with Gasteiger partial charge in [0.05, 0.1) is 16.3 Å². The normalized spacial score (nSPS) is 23.0. The van der Waals surface area contributed by atoms with E-state index in [1.54, 1.807) is 14.1 Å². The van der Waals surface area contributed by atoms with Gasteiger partial charge in [0.2, 0.25) is 5.91 Å². The van der Waals surface area contributed by atoms with Crippen molar-refractivity contribution in [1.29, 1.82) is 0 Å². The smallest absolute Gasteiger partial charge is 0.323 e. The fraction of sp³-hybridized carbons (Fsp3) is 0.412. The van der Waals surface area contributed by atoms with Crippen LogP contribution in [0.1, 0.15) is 18.0 Å². The van der Waals surface area contributed by atoms with Crippen LogP contribution in [0.15, 0.2) is 24.3 Å². The predicted octanol–water partition coefficient (Wildman–Crippen LogP) is 1.15. The van der Waals surface area contributed by atoms with Crippen molar-refractivity contribution in [3.8, 4) is 0 Å². The number of thiazole rings is 1. The number of amides is 5. The second kappa shape index (κ2) is 6.38. The first kappa shape index (κ1) is 17.5. The Morgan fingerprint density at radius 3 is 2.78 bits per heavy atom. The van der Waals surface area contributed by atoms with Crippen molar-refractivity contribution in [2.75, 3.05) is 20.6 Å². The summed E-state index contributed by atoms with van der Waals surface area (Å²) in [6.07, 6.45) is -0.956. The molecule has 3 heterocycles. The first-order chi connectivity index (χ1) is 12.9. The molecule has 1 aromatic heterocycles. The molecular weight excluding hydrogens is 368 g/mol. The lowest BCUT2D eigenvalue weighted by Gasteiger charge is -2.26. The Balaban J connectivity index is 1.44. The summed E-state index contributed by atoms with van der Waals surface area (Å²) in [6.45, 7) is 1.73. The van der Waals surface area contributed by atoms with E-state index in [-0.39, 0.29) is 30.6 Å². The summed E-state index contributed by atoms with van der Waals surface area (Å²) < 4.78 is 1.06. The Bertz CT molecular complexity index is 897. The van der Waals surface area contributed by atoms with Crippen LogP contribution in [0, 0.1) is 0 Å². The summed E-state index contributed by atoms with van der Waals surface area (Å²) in [4.78, 5) is 45.7. The maximum atomic E-state index is 12.5. The van der Waals surface area contributed by atoms with Crippen molar-refractivity contribution in [2.45, 2.75) is 25.3 Å². The molecule has 1 aromatic carbocycles. The van der Waals surface area contributed by atoms with Crippen LogP contribution in [0.4, 0.5) is 9.59 Å². The van der Waals surface area contributed by atoms with Gasteiger partial charge in [-0.25, -0.2) is 14.6 Å². The molecule has 2 fully saturated rings. The lowest BCUT2D eigenvalue weighted by atomic mass is 10.3. The van der Waals surface area contributed by atoms with Crippen LogP contribution >= 0.6 is 11.3 Å². The number of nitrogens with one attached hydrogen (secondary N) is 2. The number of fused-ring (bicyclic) bond motifs is 2. The van der Waals surface area contributed by atoms with Crippen LogP contribution in [0.3, 0.4) is 0 Å². The van der Waals surface area contributed by atoms with E-state index in [1.165, 1.54) is 26.0 Å². The molecule has 142 valence electrons. The van der Waals surface area contributed by atoms with Crippen LogP contribution in [0.2, 0.25) is 0 Å². The average Bonchev–Trinajstić information content (AvgIpc) is 3.26.